The molecule has 1 fully saturated rings. The van der Waals surface area contributed by atoms with Crippen LogP contribution in [0.15, 0.2) is 53.6 Å². The Balaban J connectivity index is 1.38. The summed E-state index contributed by atoms with van der Waals surface area (Å²) in [6.45, 7) is 6.84. The van der Waals surface area contributed by atoms with E-state index in [4.69, 9.17) is 0 Å². The molecule has 2 aromatic rings. The van der Waals surface area contributed by atoms with Crippen LogP contribution >= 0.6 is 0 Å². The molecule has 152 valence electrons. The molecular formula is C21H25N5O3. The number of hydrazone groups is 1. The number of nitrogens with one attached hydrogen (secondary N) is 1. The molecule has 1 aliphatic rings. The third-order valence-electron chi connectivity index (χ3n) is 4.87. The second kappa shape index (κ2) is 9.90. The Morgan fingerprint density at radius 2 is 1.69 bits per heavy atom. The lowest BCUT2D eigenvalue weighted by Gasteiger charge is -2.34. The highest BCUT2D eigenvalue weighted by atomic mass is 16.6. The van der Waals surface area contributed by atoms with E-state index in [0.717, 1.165) is 32.7 Å². The molecule has 0 spiro atoms. The molecule has 1 aliphatic heterocycles. The van der Waals surface area contributed by atoms with Crippen LogP contribution in [-0.2, 0) is 11.3 Å². The molecule has 1 heterocycles. The SMILES string of the molecule is Cc1ccc(CN2CCN(CC(=O)N/N=C/c3ccc([N+](=O)[O-])cc3)CC2)cc1. The zero-order chi connectivity index (χ0) is 20.6. The first-order valence-electron chi connectivity index (χ1n) is 9.56. The molecule has 0 atom stereocenters. The van der Waals surface area contributed by atoms with Crippen molar-refractivity contribution in [3.63, 3.8) is 0 Å². The van der Waals surface area contributed by atoms with Crippen LogP contribution in [0.3, 0.4) is 0 Å². The number of carbonyl (C=O) groups excluding carboxylic acids is 1. The Bertz CT molecular complexity index is 857. The van der Waals surface area contributed by atoms with Crippen LogP contribution in [0.4, 0.5) is 5.69 Å². The minimum atomic E-state index is -0.455. The van der Waals surface area contributed by atoms with E-state index in [2.05, 4.69) is 51.5 Å². The van der Waals surface area contributed by atoms with E-state index >= 15 is 0 Å². The molecule has 8 heteroatoms. The molecule has 0 bridgehead atoms. The van der Waals surface area contributed by atoms with Crippen LogP contribution in [0.25, 0.3) is 0 Å². The summed E-state index contributed by atoms with van der Waals surface area (Å²) in [6.07, 6.45) is 1.47. The second-order valence-corrected chi connectivity index (χ2v) is 7.18. The predicted molar refractivity (Wildman–Crippen MR) is 112 cm³/mol. The highest BCUT2D eigenvalue weighted by Gasteiger charge is 2.18. The maximum atomic E-state index is 12.1. The monoisotopic (exact) mass is 395 g/mol. The number of rotatable bonds is 7. The highest BCUT2D eigenvalue weighted by molar-refractivity contribution is 5.83. The number of hydrogen-bond donors (Lipinski definition) is 1. The summed E-state index contributed by atoms with van der Waals surface area (Å²) < 4.78 is 0. The van der Waals surface area contributed by atoms with Gasteiger partial charge >= 0.3 is 0 Å². The fourth-order valence-corrected chi connectivity index (χ4v) is 3.16. The maximum absolute atomic E-state index is 12.1. The van der Waals surface area contributed by atoms with Gasteiger partial charge in [0.25, 0.3) is 11.6 Å². The van der Waals surface area contributed by atoms with Crippen LogP contribution in [0.5, 0.6) is 0 Å². The lowest BCUT2D eigenvalue weighted by atomic mass is 10.1. The van der Waals surface area contributed by atoms with Crippen molar-refractivity contribution >= 4 is 17.8 Å². The molecule has 0 saturated carbocycles. The zero-order valence-corrected chi connectivity index (χ0v) is 16.5. The van der Waals surface area contributed by atoms with E-state index in [-0.39, 0.29) is 11.6 Å². The quantitative estimate of drug-likeness (QED) is 0.441. The van der Waals surface area contributed by atoms with Gasteiger partial charge in [-0.15, -0.1) is 0 Å². The summed E-state index contributed by atoms with van der Waals surface area (Å²) in [5.41, 5.74) is 5.79. The first kappa shape index (κ1) is 20.6. The van der Waals surface area contributed by atoms with E-state index in [1.165, 1.54) is 29.5 Å². The Hall–Kier alpha value is -3.10. The van der Waals surface area contributed by atoms with Crippen molar-refractivity contribution in [2.24, 2.45) is 5.10 Å². The first-order chi connectivity index (χ1) is 14.0. The second-order valence-electron chi connectivity index (χ2n) is 7.18. The summed E-state index contributed by atoms with van der Waals surface area (Å²) in [4.78, 5) is 26.8. The summed E-state index contributed by atoms with van der Waals surface area (Å²) in [7, 11) is 0. The van der Waals surface area contributed by atoms with Crippen molar-refractivity contribution in [1.29, 1.82) is 0 Å². The van der Waals surface area contributed by atoms with Gasteiger partial charge in [-0.2, -0.15) is 5.10 Å². The number of amides is 1. The van der Waals surface area contributed by atoms with Gasteiger partial charge in [-0.1, -0.05) is 29.8 Å². The van der Waals surface area contributed by atoms with Crippen LogP contribution < -0.4 is 5.43 Å². The third kappa shape index (κ3) is 6.48. The number of nitro groups is 1. The van der Waals surface area contributed by atoms with Gasteiger partial charge in [-0.25, -0.2) is 5.43 Å². The Kier molecular flexibility index (Phi) is 7.04. The van der Waals surface area contributed by atoms with E-state index in [1.807, 2.05) is 0 Å². The molecule has 1 N–H and O–H groups in total. The van der Waals surface area contributed by atoms with Crippen molar-refractivity contribution < 1.29 is 9.72 Å². The molecule has 1 amide bonds. The number of nitro benzene ring substituents is 1. The van der Waals surface area contributed by atoms with E-state index < -0.39 is 4.92 Å². The molecule has 0 aromatic heterocycles. The fourth-order valence-electron chi connectivity index (χ4n) is 3.16. The average molecular weight is 395 g/mol. The Labute approximate surface area is 170 Å². The molecule has 0 radical (unpaired) electrons. The number of carbonyl (C=O) groups is 1. The molecular weight excluding hydrogens is 370 g/mol. The molecule has 8 nitrogen and oxygen atoms in total. The summed E-state index contributed by atoms with van der Waals surface area (Å²) in [5.74, 6) is -0.171. The molecule has 0 aliphatic carbocycles. The number of benzene rings is 2. The minimum Gasteiger partial charge on any atom is -0.297 e. The van der Waals surface area contributed by atoms with Gasteiger partial charge in [0.2, 0.25) is 0 Å². The van der Waals surface area contributed by atoms with E-state index in [0.29, 0.717) is 12.1 Å². The van der Waals surface area contributed by atoms with Crippen LogP contribution in [0, 0.1) is 17.0 Å². The van der Waals surface area contributed by atoms with Crippen LogP contribution in [0.1, 0.15) is 16.7 Å². The van der Waals surface area contributed by atoms with Gasteiger partial charge < -0.3 is 0 Å². The van der Waals surface area contributed by atoms with Crippen molar-refractivity contribution in [1.82, 2.24) is 15.2 Å². The largest absolute Gasteiger partial charge is 0.297 e. The summed E-state index contributed by atoms with van der Waals surface area (Å²) >= 11 is 0. The number of non-ortho nitro benzene ring substituents is 1. The predicted octanol–water partition coefficient (Wildman–Crippen LogP) is 2.17. The molecule has 29 heavy (non-hydrogen) atoms. The average Bonchev–Trinajstić information content (AvgIpc) is 2.71. The first-order valence-corrected chi connectivity index (χ1v) is 9.56. The lowest BCUT2D eigenvalue weighted by Crippen LogP contribution is -2.48. The summed E-state index contributed by atoms with van der Waals surface area (Å²) in [5, 5.41) is 14.6. The van der Waals surface area contributed by atoms with E-state index in [9.17, 15) is 14.9 Å². The van der Waals surface area contributed by atoms with Gasteiger partial charge in [0, 0.05) is 44.9 Å². The number of aryl methyl sites for hydroxylation is 1. The van der Waals surface area contributed by atoms with E-state index in [1.54, 1.807) is 12.1 Å². The van der Waals surface area contributed by atoms with Crippen molar-refractivity contribution in [2.75, 3.05) is 32.7 Å². The van der Waals surface area contributed by atoms with Crippen LogP contribution in [0.2, 0.25) is 0 Å². The smallest absolute Gasteiger partial charge is 0.269 e. The van der Waals surface area contributed by atoms with Gasteiger partial charge in [-0.05, 0) is 30.2 Å². The standard InChI is InChI=1S/C21H25N5O3/c1-17-2-4-19(5-3-17)15-24-10-12-25(13-11-24)16-21(27)23-22-14-18-6-8-20(9-7-18)26(28)29/h2-9,14H,10-13,15-16H2,1H3,(H,23,27)/b22-14+. The number of hydrogen-bond acceptors (Lipinski definition) is 6. The van der Waals surface area contributed by atoms with Crippen molar-refractivity contribution in [3.8, 4) is 0 Å². The van der Waals surface area contributed by atoms with Crippen molar-refractivity contribution in [3.05, 3.63) is 75.3 Å². The molecule has 1 saturated heterocycles. The topological polar surface area (TPSA) is 91.1 Å². The molecule has 3 rings (SSSR count). The Morgan fingerprint density at radius 3 is 2.31 bits per heavy atom. The number of nitrogens with zero attached hydrogens (tertiary/aromatic N) is 4. The van der Waals surface area contributed by atoms with Crippen molar-refractivity contribution in [2.45, 2.75) is 13.5 Å². The minimum absolute atomic E-state index is 0.0210. The van der Waals surface area contributed by atoms with Crippen LogP contribution in [-0.4, -0.2) is 59.6 Å². The molecule has 0 unspecified atom stereocenters. The highest BCUT2D eigenvalue weighted by Crippen LogP contribution is 2.11. The third-order valence-corrected chi connectivity index (χ3v) is 4.87. The maximum Gasteiger partial charge on any atom is 0.269 e. The lowest BCUT2D eigenvalue weighted by molar-refractivity contribution is -0.384. The zero-order valence-electron chi connectivity index (χ0n) is 16.5. The summed E-state index contributed by atoms with van der Waals surface area (Å²) in [6, 6.07) is 14.6. The number of piperazine rings is 1. The fraction of sp³-hybridized carbons (Fsp3) is 0.333. The molecule has 2 aromatic carbocycles. The Morgan fingerprint density at radius 1 is 1.07 bits per heavy atom. The van der Waals surface area contributed by atoms with Gasteiger partial charge in [-0.3, -0.25) is 24.7 Å². The van der Waals surface area contributed by atoms with Gasteiger partial charge in [0.1, 0.15) is 0 Å². The normalized spacial score (nSPS) is 15.5. The van der Waals surface area contributed by atoms with Gasteiger partial charge in [0.15, 0.2) is 0 Å². The van der Waals surface area contributed by atoms with Gasteiger partial charge in [0.05, 0.1) is 17.7 Å².